The molecule has 0 aliphatic heterocycles. The predicted molar refractivity (Wildman–Crippen MR) is 59.6 cm³/mol. The van der Waals surface area contributed by atoms with Crippen LogP contribution in [0.1, 0.15) is 47.0 Å². The number of rotatable bonds is 1. The molecule has 0 aromatic rings. The van der Waals surface area contributed by atoms with Gasteiger partial charge in [-0.05, 0) is 47.0 Å². The standard InChI is InChI=1S/C11H22N2O2/c1-10(2,3)15-9(14)13-8-5-6-11(4,12)7-8/h8H,5-7,12H2,1-4H3,(H,13,14)/t8-,11-/m0/s1. The van der Waals surface area contributed by atoms with E-state index in [1.807, 2.05) is 27.7 Å². The molecular weight excluding hydrogens is 192 g/mol. The van der Waals surface area contributed by atoms with Crippen LogP contribution in [0.4, 0.5) is 4.79 Å². The number of nitrogens with two attached hydrogens (primary N) is 1. The van der Waals surface area contributed by atoms with Gasteiger partial charge in [-0.15, -0.1) is 0 Å². The molecule has 0 unspecified atom stereocenters. The lowest BCUT2D eigenvalue weighted by molar-refractivity contribution is 0.0504. The number of nitrogens with one attached hydrogen (secondary N) is 1. The molecule has 15 heavy (non-hydrogen) atoms. The maximum Gasteiger partial charge on any atom is 0.407 e. The van der Waals surface area contributed by atoms with Crippen molar-refractivity contribution in [2.75, 3.05) is 0 Å². The molecule has 4 nitrogen and oxygen atoms in total. The second-order valence-corrected chi connectivity index (χ2v) is 5.74. The van der Waals surface area contributed by atoms with Crippen molar-refractivity contribution in [3.63, 3.8) is 0 Å². The predicted octanol–water partition coefficient (Wildman–Crippen LogP) is 1.78. The molecule has 1 amide bonds. The summed E-state index contributed by atoms with van der Waals surface area (Å²) in [5.74, 6) is 0. The number of alkyl carbamates (subject to hydrolysis) is 1. The topological polar surface area (TPSA) is 64.3 Å². The summed E-state index contributed by atoms with van der Waals surface area (Å²) in [6, 6.07) is 0.162. The summed E-state index contributed by atoms with van der Waals surface area (Å²) >= 11 is 0. The van der Waals surface area contributed by atoms with Crippen LogP contribution in [0.2, 0.25) is 0 Å². The van der Waals surface area contributed by atoms with Crippen molar-refractivity contribution in [3.8, 4) is 0 Å². The van der Waals surface area contributed by atoms with Crippen molar-refractivity contribution in [2.45, 2.75) is 64.1 Å². The van der Waals surface area contributed by atoms with Gasteiger partial charge in [-0.25, -0.2) is 4.79 Å². The highest BCUT2D eigenvalue weighted by Crippen LogP contribution is 2.27. The molecule has 1 aliphatic rings. The Morgan fingerprint density at radius 2 is 2.13 bits per heavy atom. The van der Waals surface area contributed by atoms with Gasteiger partial charge in [0.1, 0.15) is 5.60 Å². The summed E-state index contributed by atoms with van der Waals surface area (Å²) in [5, 5.41) is 2.85. The Balaban J connectivity index is 2.34. The van der Waals surface area contributed by atoms with Crippen LogP contribution in [0.5, 0.6) is 0 Å². The Morgan fingerprint density at radius 3 is 2.53 bits per heavy atom. The monoisotopic (exact) mass is 214 g/mol. The molecule has 88 valence electrons. The van der Waals surface area contributed by atoms with Gasteiger partial charge in [0.05, 0.1) is 0 Å². The van der Waals surface area contributed by atoms with E-state index in [1.54, 1.807) is 0 Å². The highest BCUT2D eigenvalue weighted by atomic mass is 16.6. The molecule has 0 radical (unpaired) electrons. The van der Waals surface area contributed by atoms with Crippen molar-refractivity contribution in [2.24, 2.45) is 5.73 Å². The molecule has 1 saturated carbocycles. The maximum atomic E-state index is 11.5. The normalized spacial score (nSPS) is 31.4. The Morgan fingerprint density at radius 1 is 1.53 bits per heavy atom. The molecular formula is C11H22N2O2. The molecule has 0 aromatic heterocycles. The molecule has 0 spiro atoms. The number of hydrogen-bond acceptors (Lipinski definition) is 3. The van der Waals surface area contributed by atoms with Gasteiger partial charge in [0.15, 0.2) is 0 Å². The Hall–Kier alpha value is -0.770. The van der Waals surface area contributed by atoms with Gasteiger partial charge in [0.2, 0.25) is 0 Å². The molecule has 1 rings (SSSR count). The van der Waals surface area contributed by atoms with E-state index in [2.05, 4.69) is 5.32 Å². The minimum Gasteiger partial charge on any atom is -0.444 e. The summed E-state index contributed by atoms with van der Waals surface area (Å²) in [6.45, 7) is 7.58. The number of ether oxygens (including phenoxy) is 1. The molecule has 1 aliphatic carbocycles. The van der Waals surface area contributed by atoms with Crippen LogP contribution in [0, 0.1) is 0 Å². The van der Waals surface area contributed by atoms with E-state index in [9.17, 15) is 4.79 Å². The van der Waals surface area contributed by atoms with E-state index in [0.29, 0.717) is 0 Å². The van der Waals surface area contributed by atoms with Crippen molar-refractivity contribution < 1.29 is 9.53 Å². The lowest BCUT2D eigenvalue weighted by atomic mass is 10.0. The molecule has 4 heteroatoms. The molecule has 1 fully saturated rings. The Kier molecular flexibility index (Phi) is 3.28. The first-order valence-electron chi connectivity index (χ1n) is 5.46. The lowest BCUT2D eigenvalue weighted by Gasteiger charge is -2.22. The molecule has 2 atom stereocenters. The zero-order chi connectivity index (χ0) is 11.7. The first-order valence-corrected chi connectivity index (χ1v) is 5.46. The van der Waals surface area contributed by atoms with E-state index in [0.717, 1.165) is 19.3 Å². The van der Waals surface area contributed by atoms with E-state index in [-0.39, 0.29) is 17.7 Å². The second-order valence-electron chi connectivity index (χ2n) is 5.74. The fourth-order valence-corrected chi connectivity index (χ4v) is 1.87. The minimum atomic E-state index is -0.436. The molecule has 0 saturated heterocycles. The van der Waals surface area contributed by atoms with Gasteiger partial charge in [-0.3, -0.25) is 0 Å². The second kappa shape index (κ2) is 4.00. The van der Waals surface area contributed by atoms with Crippen LogP contribution in [-0.4, -0.2) is 23.3 Å². The number of hydrogen-bond donors (Lipinski definition) is 2. The number of amides is 1. The number of carbonyl (C=O) groups excluding carboxylic acids is 1. The van der Waals surface area contributed by atoms with Crippen LogP contribution in [0.15, 0.2) is 0 Å². The van der Waals surface area contributed by atoms with E-state index >= 15 is 0 Å². The van der Waals surface area contributed by atoms with Crippen LogP contribution in [0.3, 0.4) is 0 Å². The third-order valence-corrected chi connectivity index (χ3v) is 2.50. The minimum absolute atomic E-state index is 0.139. The quantitative estimate of drug-likeness (QED) is 0.699. The van der Waals surface area contributed by atoms with Crippen LogP contribution in [0.25, 0.3) is 0 Å². The highest BCUT2D eigenvalue weighted by Gasteiger charge is 2.33. The zero-order valence-corrected chi connectivity index (χ0v) is 10.1. The fraction of sp³-hybridized carbons (Fsp3) is 0.909. The van der Waals surface area contributed by atoms with Crippen molar-refractivity contribution >= 4 is 6.09 Å². The lowest BCUT2D eigenvalue weighted by Crippen LogP contribution is -2.40. The summed E-state index contributed by atoms with van der Waals surface area (Å²) in [4.78, 5) is 11.5. The van der Waals surface area contributed by atoms with Gasteiger partial charge in [0, 0.05) is 11.6 Å². The first-order chi connectivity index (χ1) is 6.68. The first kappa shape index (κ1) is 12.3. The third kappa shape index (κ3) is 4.51. The molecule has 0 aromatic carbocycles. The summed E-state index contributed by atoms with van der Waals surface area (Å²) in [5.41, 5.74) is 5.40. The van der Waals surface area contributed by atoms with Crippen LogP contribution >= 0.6 is 0 Å². The van der Waals surface area contributed by atoms with Crippen molar-refractivity contribution in [1.29, 1.82) is 0 Å². The molecule has 3 N–H and O–H groups in total. The highest BCUT2D eigenvalue weighted by molar-refractivity contribution is 5.68. The largest absolute Gasteiger partial charge is 0.444 e. The van der Waals surface area contributed by atoms with Gasteiger partial charge in [-0.2, -0.15) is 0 Å². The fourth-order valence-electron chi connectivity index (χ4n) is 1.87. The summed E-state index contributed by atoms with van der Waals surface area (Å²) < 4.78 is 5.18. The van der Waals surface area contributed by atoms with Crippen LogP contribution in [-0.2, 0) is 4.74 Å². The molecule has 0 bridgehead atoms. The smallest absolute Gasteiger partial charge is 0.407 e. The zero-order valence-electron chi connectivity index (χ0n) is 10.1. The van der Waals surface area contributed by atoms with Gasteiger partial charge >= 0.3 is 6.09 Å². The van der Waals surface area contributed by atoms with Gasteiger partial charge < -0.3 is 15.8 Å². The Bertz CT molecular complexity index is 243. The van der Waals surface area contributed by atoms with Crippen molar-refractivity contribution in [1.82, 2.24) is 5.32 Å². The number of carbonyl (C=O) groups is 1. The van der Waals surface area contributed by atoms with E-state index in [4.69, 9.17) is 10.5 Å². The third-order valence-electron chi connectivity index (χ3n) is 2.50. The summed E-state index contributed by atoms with van der Waals surface area (Å²) in [6.07, 6.45) is 2.37. The van der Waals surface area contributed by atoms with E-state index in [1.165, 1.54) is 0 Å². The van der Waals surface area contributed by atoms with Crippen LogP contribution < -0.4 is 11.1 Å². The van der Waals surface area contributed by atoms with Crippen molar-refractivity contribution in [3.05, 3.63) is 0 Å². The average molecular weight is 214 g/mol. The average Bonchev–Trinajstić information content (AvgIpc) is 2.25. The summed E-state index contributed by atoms with van der Waals surface area (Å²) in [7, 11) is 0. The van der Waals surface area contributed by atoms with E-state index < -0.39 is 5.60 Å². The van der Waals surface area contributed by atoms with Gasteiger partial charge in [-0.1, -0.05) is 0 Å². The Labute approximate surface area is 91.5 Å². The SMILES string of the molecule is CC(C)(C)OC(=O)N[C@H]1CC[C@](C)(N)C1. The maximum absolute atomic E-state index is 11.5. The van der Waals surface area contributed by atoms with Gasteiger partial charge in [0.25, 0.3) is 0 Å². The molecule has 0 heterocycles.